The second-order valence-corrected chi connectivity index (χ2v) is 7.14. The normalized spacial score (nSPS) is 17.5. The average molecular weight is 260 g/mol. The van der Waals surface area contributed by atoms with Gasteiger partial charge >= 0.3 is 0 Å². The molecule has 0 atom stereocenters. The van der Waals surface area contributed by atoms with Gasteiger partial charge in [0.05, 0.1) is 7.11 Å². The van der Waals surface area contributed by atoms with Crippen LogP contribution in [0.3, 0.4) is 0 Å². The molecule has 1 heteroatoms. The van der Waals surface area contributed by atoms with E-state index in [1.807, 2.05) is 0 Å². The summed E-state index contributed by atoms with van der Waals surface area (Å²) < 4.78 is 5.53. The van der Waals surface area contributed by atoms with Gasteiger partial charge in [-0.15, -0.1) is 0 Å². The summed E-state index contributed by atoms with van der Waals surface area (Å²) in [5.74, 6) is 1.83. The molecule has 1 fully saturated rings. The number of ether oxygens (including phenoxy) is 1. The Kier molecular flexibility index (Phi) is 4.54. The molecule has 1 aromatic carbocycles. The summed E-state index contributed by atoms with van der Waals surface area (Å²) in [6.45, 7) is 6.87. The molecular weight excluding hydrogens is 232 g/mol. The van der Waals surface area contributed by atoms with Gasteiger partial charge in [0, 0.05) is 0 Å². The Labute approximate surface area is 118 Å². The van der Waals surface area contributed by atoms with Gasteiger partial charge in [-0.05, 0) is 47.8 Å². The lowest BCUT2D eigenvalue weighted by Crippen LogP contribution is -2.11. The molecule has 1 saturated carbocycles. The van der Waals surface area contributed by atoms with E-state index in [0.717, 1.165) is 18.1 Å². The van der Waals surface area contributed by atoms with Gasteiger partial charge in [0.1, 0.15) is 5.75 Å². The first-order valence-electron chi connectivity index (χ1n) is 7.66. The largest absolute Gasteiger partial charge is 0.496 e. The molecule has 1 aliphatic carbocycles. The summed E-state index contributed by atoms with van der Waals surface area (Å²) in [5, 5.41) is 0. The van der Waals surface area contributed by atoms with E-state index in [0.29, 0.717) is 5.41 Å². The third-order valence-electron chi connectivity index (χ3n) is 4.10. The number of rotatable bonds is 3. The van der Waals surface area contributed by atoms with E-state index in [1.165, 1.54) is 43.2 Å². The van der Waals surface area contributed by atoms with Gasteiger partial charge in [-0.3, -0.25) is 0 Å². The Balaban J connectivity index is 2.24. The van der Waals surface area contributed by atoms with Gasteiger partial charge in [0.25, 0.3) is 0 Å². The standard InChI is InChI=1S/C18H28O/c1-18(2,3)13-16-12-15(10-11-17(16)19-4)14-8-6-5-7-9-14/h10-12,14H,5-9,13H2,1-4H3. The number of hydrogen-bond acceptors (Lipinski definition) is 1. The lowest BCUT2D eigenvalue weighted by atomic mass is 9.81. The van der Waals surface area contributed by atoms with Gasteiger partial charge in [0.15, 0.2) is 0 Å². The fourth-order valence-corrected chi connectivity index (χ4v) is 3.20. The lowest BCUT2D eigenvalue weighted by molar-refractivity contribution is 0.377. The third kappa shape index (κ3) is 3.99. The Hall–Kier alpha value is -0.980. The number of hydrogen-bond donors (Lipinski definition) is 0. The first-order chi connectivity index (χ1) is 8.99. The topological polar surface area (TPSA) is 9.23 Å². The van der Waals surface area contributed by atoms with E-state index in [-0.39, 0.29) is 0 Å². The molecule has 0 radical (unpaired) electrons. The summed E-state index contributed by atoms with van der Waals surface area (Å²) in [5.41, 5.74) is 3.20. The van der Waals surface area contributed by atoms with Crippen LogP contribution in [0.15, 0.2) is 18.2 Å². The van der Waals surface area contributed by atoms with Crippen molar-refractivity contribution in [3.05, 3.63) is 29.3 Å². The number of methoxy groups -OCH3 is 1. The van der Waals surface area contributed by atoms with Crippen molar-refractivity contribution in [2.75, 3.05) is 7.11 Å². The van der Waals surface area contributed by atoms with Gasteiger partial charge < -0.3 is 4.74 Å². The van der Waals surface area contributed by atoms with Crippen molar-refractivity contribution < 1.29 is 4.74 Å². The average Bonchev–Trinajstić information content (AvgIpc) is 2.38. The van der Waals surface area contributed by atoms with Crippen molar-refractivity contribution in [2.24, 2.45) is 5.41 Å². The predicted molar refractivity (Wildman–Crippen MR) is 82.0 cm³/mol. The summed E-state index contributed by atoms with van der Waals surface area (Å²) >= 11 is 0. The minimum Gasteiger partial charge on any atom is -0.496 e. The molecule has 1 aromatic rings. The van der Waals surface area contributed by atoms with Gasteiger partial charge in [-0.25, -0.2) is 0 Å². The van der Waals surface area contributed by atoms with E-state index in [2.05, 4.69) is 39.0 Å². The highest BCUT2D eigenvalue weighted by Crippen LogP contribution is 2.36. The van der Waals surface area contributed by atoms with Gasteiger partial charge in [-0.1, -0.05) is 52.2 Å². The summed E-state index contributed by atoms with van der Waals surface area (Å²) in [6.07, 6.45) is 8.01. The van der Waals surface area contributed by atoms with E-state index >= 15 is 0 Å². The molecule has 0 amide bonds. The Morgan fingerprint density at radius 2 is 1.79 bits per heavy atom. The van der Waals surface area contributed by atoms with Crippen molar-refractivity contribution in [2.45, 2.75) is 65.2 Å². The summed E-state index contributed by atoms with van der Waals surface area (Å²) in [7, 11) is 1.78. The van der Waals surface area contributed by atoms with Crippen molar-refractivity contribution in [3.8, 4) is 5.75 Å². The highest BCUT2D eigenvalue weighted by molar-refractivity contribution is 5.39. The van der Waals surface area contributed by atoms with Crippen LogP contribution in [0.25, 0.3) is 0 Å². The van der Waals surface area contributed by atoms with Crippen LogP contribution in [0.5, 0.6) is 5.75 Å². The third-order valence-corrected chi connectivity index (χ3v) is 4.10. The van der Waals surface area contributed by atoms with Crippen molar-refractivity contribution in [1.82, 2.24) is 0 Å². The zero-order valence-corrected chi connectivity index (χ0v) is 13.0. The SMILES string of the molecule is COc1ccc(C2CCCCC2)cc1CC(C)(C)C. The van der Waals surface area contributed by atoms with Gasteiger partial charge in [-0.2, -0.15) is 0 Å². The van der Waals surface area contributed by atoms with Crippen molar-refractivity contribution in [1.29, 1.82) is 0 Å². The molecular formula is C18H28O. The van der Waals surface area contributed by atoms with Crippen LogP contribution in [-0.2, 0) is 6.42 Å². The quantitative estimate of drug-likeness (QED) is 0.713. The molecule has 19 heavy (non-hydrogen) atoms. The van der Waals surface area contributed by atoms with Gasteiger partial charge in [0.2, 0.25) is 0 Å². The minimum atomic E-state index is 0.304. The van der Waals surface area contributed by atoms with Crippen LogP contribution in [0.2, 0.25) is 0 Å². The molecule has 0 saturated heterocycles. The molecule has 0 heterocycles. The molecule has 0 bridgehead atoms. The minimum absolute atomic E-state index is 0.304. The summed E-state index contributed by atoms with van der Waals surface area (Å²) in [6, 6.07) is 6.85. The van der Waals surface area contributed by atoms with Crippen LogP contribution in [0.4, 0.5) is 0 Å². The van der Waals surface area contributed by atoms with E-state index in [9.17, 15) is 0 Å². The van der Waals surface area contributed by atoms with Crippen LogP contribution in [-0.4, -0.2) is 7.11 Å². The molecule has 0 aromatic heterocycles. The van der Waals surface area contributed by atoms with E-state index in [1.54, 1.807) is 7.11 Å². The molecule has 0 aliphatic heterocycles. The first kappa shape index (κ1) is 14.4. The fraction of sp³-hybridized carbons (Fsp3) is 0.667. The monoisotopic (exact) mass is 260 g/mol. The highest BCUT2D eigenvalue weighted by Gasteiger charge is 2.19. The first-order valence-corrected chi connectivity index (χ1v) is 7.66. The maximum absolute atomic E-state index is 5.53. The molecule has 1 aliphatic rings. The smallest absolute Gasteiger partial charge is 0.122 e. The highest BCUT2D eigenvalue weighted by atomic mass is 16.5. The maximum Gasteiger partial charge on any atom is 0.122 e. The Morgan fingerprint density at radius 1 is 1.11 bits per heavy atom. The molecule has 0 unspecified atom stereocenters. The zero-order valence-electron chi connectivity index (χ0n) is 13.0. The molecule has 1 nitrogen and oxygen atoms in total. The molecule has 0 N–H and O–H groups in total. The van der Waals surface area contributed by atoms with Crippen LogP contribution in [0, 0.1) is 5.41 Å². The van der Waals surface area contributed by atoms with E-state index in [4.69, 9.17) is 4.74 Å². The Bertz CT molecular complexity index is 408. The van der Waals surface area contributed by atoms with Crippen molar-refractivity contribution in [3.63, 3.8) is 0 Å². The zero-order chi connectivity index (χ0) is 13.9. The van der Waals surface area contributed by atoms with Crippen molar-refractivity contribution >= 4 is 0 Å². The summed E-state index contributed by atoms with van der Waals surface area (Å²) in [4.78, 5) is 0. The van der Waals surface area contributed by atoms with E-state index < -0.39 is 0 Å². The lowest BCUT2D eigenvalue weighted by Gasteiger charge is -2.25. The molecule has 2 rings (SSSR count). The number of benzene rings is 1. The predicted octanol–water partition coefficient (Wildman–Crippen LogP) is 5.33. The fourth-order valence-electron chi connectivity index (χ4n) is 3.20. The second kappa shape index (κ2) is 5.98. The van der Waals surface area contributed by atoms with Crippen LogP contribution in [0.1, 0.15) is 69.9 Å². The van der Waals surface area contributed by atoms with Crippen LogP contribution >= 0.6 is 0 Å². The molecule has 0 spiro atoms. The second-order valence-electron chi connectivity index (χ2n) is 7.14. The maximum atomic E-state index is 5.53. The Morgan fingerprint density at radius 3 is 2.37 bits per heavy atom. The van der Waals surface area contributed by atoms with Crippen LogP contribution < -0.4 is 4.74 Å². The molecule has 106 valence electrons.